The van der Waals surface area contributed by atoms with E-state index in [0.29, 0.717) is 11.6 Å². The van der Waals surface area contributed by atoms with Crippen LogP contribution in [0, 0.1) is 11.8 Å². The van der Waals surface area contributed by atoms with Crippen LogP contribution in [0.4, 0.5) is 5.69 Å². The molecule has 0 saturated heterocycles. The van der Waals surface area contributed by atoms with Gasteiger partial charge in [-0.15, -0.1) is 0 Å². The molecule has 1 aliphatic carbocycles. The topological polar surface area (TPSA) is 92.8 Å². The first-order valence-electron chi connectivity index (χ1n) is 7.67. The monoisotopic (exact) mass is 354 g/mol. The van der Waals surface area contributed by atoms with Crippen LogP contribution in [0.2, 0.25) is 0 Å². The van der Waals surface area contributed by atoms with E-state index in [9.17, 15) is 18.0 Å². The van der Waals surface area contributed by atoms with Gasteiger partial charge in [0.05, 0.1) is 10.8 Å². The van der Waals surface area contributed by atoms with Gasteiger partial charge < -0.3 is 10.1 Å². The van der Waals surface area contributed by atoms with Crippen molar-refractivity contribution in [2.45, 2.75) is 31.3 Å². The summed E-state index contributed by atoms with van der Waals surface area (Å²) in [4.78, 5) is 23.9. The van der Waals surface area contributed by atoms with Gasteiger partial charge in [0.15, 0.2) is 6.10 Å². The third-order valence-corrected chi connectivity index (χ3v) is 5.77. The highest BCUT2D eigenvalue weighted by molar-refractivity contribution is 7.89. The molecule has 3 atom stereocenters. The van der Waals surface area contributed by atoms with Crippen LogP contribution < -0.4 is 5.32 Å². The van der Waals surface area contributed by atoms with Crippen LogP contribution in [-0.2, 0) is 24.3 Å². The van der Waals surface area contributed by atoms with E-state index in [4.69, 9.17) is 4.74 Å². The van der Waals surface area contributed by atoms with E-state index in [-0.39, 0.29) is 16.8 Å². The number of carbonyl (C=O) groups excluding carboxylic acids is 2. The Bertz CT molecular complexity index is 745. The summed E-state index contributed by atoms with van der Waals surface area (Å²) in [6.07, 6.45) is -0.156. The van der Waals surface area contributed by atoms with Crippen molar-refractivity contribution >= 4 is 27.6 Å². The van der Waals surface area contributed by atoms with Gasteiger partial charge >= 0.3 is 5.97 Å². The summed E-state index contributed by atoms with van der Waals surface area (Å²) in [5.74, 6) is -0.681. The normalized spacial score (nSPS) is 21.2. The lowest BCUT2D eigenvalue weighted by Crippen LogP contribution is -2.30. The van der Waals surface area contributed by atoms with Gasteiger partial charge in [-0.1, -0.05) is 13.0 Å². The summed E-state index contributed by atoms with van der Waals surface area (Å²) in [6.45, 7) is 3.44. The Morgan fingerprint density at radius 2 is 1.96 bits per heavy atom. The van der Waals surface area contributed by atoms with Crippen molar-refractivity contribution in [2.24, 2.45) is 11.8 Å². The first-order valence-corrected chi connectivity index (χ1v) is 9.11. The number of anilines is 1. The molecule has 0 heterocycles. The SMILES string of the molecule is C[C@H](OC(=O)[C@H]1C[C@@H]1C)C(=O)Nc1cccc(S(=O)(=O)N(C)C)c1. The number of amides is 1. The van der Waals surface area contributed by atoms with Gasteiger partial charge in [0.25, 0.3) is 5.91 Å². The molecule has 7 nitrogen and oxygen atoms in total. The second kappa shape index (κ2) is 6.90. The van der Waals surface area contributed by atoms with Gasteiger partial charge in [-0.25, -0.2) is 12.7 Å². The maximum absolute atomic E-state index is 12.1. The average molecular weight is 354 g/mol. The van der Waals surface area contributed by atoms with E-state index in [2.05, 4.69) is 5.32 Å². The molecule has 24 heavy (non-hydrogen) atoms. The van der Waals surface area contributed by atoms with Crippen molar-refractivity contribution in [2.75, 3.05) is 19.4 Å². The van der Waals surface area contributed by atoms with E-state index in [1.165, 1.54) is 39.2 Å². The van der Waals surface area contributed by atoms with Gasteiger partial charge in [0.1, 0.15) is 0 Å². The minimum Gasteiger partial charge on any atom is -0.452 e. The molecule has 0 unspecified atom stereocenters. The van der Waals surface area contributed by atoms with Gasteiger partial charge in [0.2, 0.25) is 10.0 Å². The van der Waals surface area contributed by atoms with Gasteiger partial charge in [-0.2, -0.15) is 0 Å². The molecule has 1 fully saturated rings. The predicted octanol–water partition coefficient (Wildman–Crippen LogP) is 1.46. The molecule has 1 amide bonds. The number of nitrogens with one attached hydrogen (secondary N) is 1. The minimum absolute atomic E-state index is 0.0711. The lowest BCUT2D eigenvalue weighted by Gasteiger charge is -2.15. The van der Waals surface area contributed by atoms with Crippen molar-refractivity contribution < 1.29 is 22.7 Å². The van der Waals surface area contributed by atoms with Crippen molar-refractivity contribution in [3.8, 4) is 0 Å². The number of esters is 1. The number of rotatable bonds is 6. The van der Waals surface area contributed by atoms with Crippen LogP contribution in [-0.4, -0.2) is 44.8 Å². The smallest absolute Gasteiger partial charge is 0.309 e. The molecule has 1 aromatic rings. The second-order valence-corrected chi connectivity index (χ2v) is 8.35. The van der Waals surface area contributed by atoms with E-state index in [1.54, 1.807) is 6.07 Å². The summed E-state index contributed by atoms with van der Waals surface area (Å²) in [6, 6.07) is 5.92. The number of ether oxygens (including phenoxy) is 1. The van der Waals surface area contributed by atoms with Crippen LogP contribution in [0.5, 0.6) is 0 Å². The number of nitrogens with zero attached hydrogens (tertiary/aromatic N) is 1. The lowest BCUT2D eigenvalue weighted by molar-refractivity contribution is -0.154. The number of benzene rings is 1. The molecular formula is C16H22N2O5S. The molecular weight excluding hydrogens is 332 g/mol. The van der Waals surface area contributed by atoms with E-state index in [1.807, 2.05) is 6.92 Å². The minimum atomic E-state index is -3.59. The van der Waals surface area contributed by atoms with Crippen molar-refractivity contribution in [3.63, 3.8) is 0 Å². The molecule has 0 spiro atoms. The molecule has 0 aromatic heterocycles. The first kappa shape index (κ1) is 18.4. The molecule has 1 saturated carbocycles. The molecule has 0 bridgehead atoms. The molecule has 0 aliphatic heterocycles. The number of carbonyl (C=O) groups is 2. The third-order valence-electron chi connectivity index (χ3n) is 3.95. The highest BCUT2D eigenvalue weighted by Crippen LogP contribution is 2.38. The Morgan fingerprint density at radius 3 is 2.50 bits per heavy atom. The van der Waals surface area contributed by atoms with Gasteiger partial charge in [0, 0.05) is 19.8 Å². The second-order valence-electron chi connectivity index (χ2n) is 6.20. The lowest BCUT2D eigenvalue weighted by atomic mass is 10.3. The van der Waals surface area contributed by atoms with E-state index in [0.717, 1.165) is 10.7 Å². The fourth-order valence-electron chi connectivity index (χ4n) is 2.15. The summed E-state index contributed by atoms with van der Waals surface area (Å²) in [5.41, 5.74) is 0.325. The highest BCUT2D eigenvalue weighted by atomic mass is 32.2. The predicted molar refractivity (Wildman–Crippen MR) is 88.8 cm³/mol. The third kappa shape index (κ3) is 4.12. The van der Waals surface area contributed by atoms with Crippen molar-refractivity contribution in [3.05, 3.63) is 24.3 Å². The number of sulfonamides is 1. The number of hydrogen-bond donors (Lipinski definition) is 1. The molecule has 0 radical (unpaired) electrons. The standard InChI is InChI=1S/C16H22N2O5S/c1-10-8-14(10)16(20)23-11(2)15(19)17-12-6-5-7-13(9-12)24(21,22)18(3)4/h5-7,9-11,14H,8H2,1-4H3,(H,17,19)/t10-,11-,14-/m0/s1. The van der Waals surface area contributed by atoms with Crippen molar-refractivity contribution in [1.82, 2.24) is 4.31 Å². The Hall–Kier alpha value is -1.93. The quantitative estimate of drug-likeness (QED) is 0.781. The molecule has 2 rings (SSSR count). The maximum Gasteiger partial charge on any atom is 0.309 e. The molecule has 132 valence electrons. The largest absolute Gasteiger partial charge is 0.452 e. The van der Waals surface area contributed by atoms with Gasteiger partial charge in [-0.3, -0.25) is 9.59 Å². The van der Waals surface area contributed by atoms with Crippen LogP contribution >= 0.6 is 0 Å². The Balaban J connectivity index is 2.02. The highest BCUT2D eigenvalue weighted by Gasteiger charge is 2.41. The van der Waals surface area contributed by atoms with Gasteiger partial charge in [-0.05, 0) is 37.5 Å². The average Bonchev–Trinajstić information content (AvgIpc) is 3.24. The van der Waals surface area contributed by atoms with E-state index >= 15 is 0 Å². The summed E-state index contributed by atoms with van der Waals surface area (Å²) in [7, 11) is -0.724. The fraction of sp³-hybridized carbons (Fsp3) is 0.500. The zero-order valence-electron chi connectivity index (χ0n) is 14.1. The zero-order valence-corrected chi connectivity index (χ0v) is 15.0. The van der Waals surface area contributed by atoms with Crippen LogP contribution in [0.25, 0.3) is 0 Å². The molecule has 1 aliphatic rings. The summed E-state index contributed by atoms with van der Waals surface area (Å²) < 4.78 is 30.4. The van der Waals surface area contributed by atoms with Crippen LogP contribution in [0.3, 0.4) is 0 Å². The first-order chi connectivity index (χ1) is 11.1. The summed E-state index contributed by atoms with van der Waals surface area (Å²) >= 11 is 0. The van der Waals surface area contributed by atoms with Crippen LogP contribution in [0.1, 0.15) is 20.3 Å². The van der Waals surface area contributed by atoms with E-state index < -0.39 is 22.0 Å². The molecule has 8 heteroatoms. The Morgan fingerprint density at radius 1 is 1.33 bits per heavy atom. The zero-order chi connectivity index (χ0) is 18.1. The van der Waals surface area contributed by atoms with Crippen molar-refractivity contribution in [1.29, 1.82) is 0 Å². The maximum atomic E-state index is 12.1. The Kier molecular flexibility index (Phi) is 5.29. The fourth-order valence-corrected chi connectivity index (χ4v) is 3.10. The molecule has 1 N–H and O–H groups in total. The van der Waals surface area contributed by atoms with Crippen LogP contribution in [0.15, 0.2) is 29.2 Å². The Labute approximate surface area is 142 Å². The number of hydrogen-bond acceptors (Lipinski definition) is 5. The summed E-state index contributed by atoms with van der Waals surface area (Å²) in [5, 5.41) is 2.57. The molecule has 1 aromatic carbocycles.